The molecule has 240 valence electrons. The Morgan fingerprint density at radius 1 is 0.778 bits per heavy atom. The van der Waals surface area contributed by atoms with E-state index < -0.39 is 55.8 Å². The van der Waals surface area contributed by atoms with E-state index in [9.17, 15) is 43.0 Å². The van der Waals surface area contributed by atoms with Crippen LogP contribution in [0.4, 0.5) is 0 Å². The first-order chi connectivity index (χ1) is 21.3. The number of ether oxygens (including phenoxy) is 2. The van der Waals surface area contributed by atoms with Crippen LogP contribution in [-0.4, -0.2) is 93.9 Å². The second-order valence-corrected chi connectivity index (χ2v) is 18.9. The Balaban J connectivity index is 1.46. The Labute approximate surface area is 275 Å². The molecule has 0 saturated carbocycles. The first-order valence-electron chi connectivity index (χ1n) is 13.0. The number of hydrogen-bond acceptors (Lipinski definition) is 12. The monoisotopic (exact) mass is 803 g/mol. The van der Waals surface area contributed by atoms with E-state index in [2.05, 4.69) is 4.72 Å². The average Bonchev–Trinajstić information content (AvgIpc) is 3.43. The first kappa shape index (κ1) is 34.8. The summed E-state index contributed by atoms with van der Waals surface area (Å²) in [5, 5.41) is 39.6. The number of hydrogen-bond donors (Lipinski definition) is 6. The van der Waals surface area contributed by atoms with Gasteiger partial charge in [0.05, 0.1) is 0 Å². The third kappa shape index (κ3) is 9.49. The minimum atomic E-state index is -4.05. The van der Waals surface area contributed by atoms with Crippen LogP contribution in [0.15, 0.2) is 58.8 Å². The molecule has 3 atom stereocenters. The van der Waals surface area contributed by atoms with E-state index in [1.807, 2.05) is 0 Å². The van der Waals surface area contributed by atoms with E-state index in [1.54, 1.807) is 12.1 Å². The maximum atomic E-state index is 12.6. The standard InChI is InChI=1S/C27H28As2NO12PS2/c31-18-3-1-15(9-20(18)33)26(35)28-5-7-41-22-11-17-12-25(45(39,40)30-14-43(37)38)44-24(17)13-23(22)42-8-6-29-27(36)16-2-4-19(32)21(34)10-16/h1-4,9-13,28-34,43H,5-8,14H2,(H,37,38). The van der Waals surface area contributed by atoms with Crippen LogP contribution in [0, 0.1) is 0 Å². The Kier molecular flexibility index (Phi) is 12.0. The van der Waals surface area contributed by atoms with Crippen molar-refractivity contribution in [3.8, 4) is 34.5 Å². The fraction of sp³-hybridized carbons (Fsp3) is 0.185. The summed E-state index contributed by atoms with van der Waals surface area (Å²) in [4.78, 5) is 34.2. The Bertz CT molecular complexity index is 1760. The van der Waals surface area contributed by atoms with E-state index in [0.29, 0.717) is 20.5 Å². The maximum absolute atomic E-state index is 12.6. The molecule has 0 spiro atoms. The van der Waals surface area contributed by atoms with Crippen LogP contribution in [0.3, 0.4) is 0 Å². The summed E-state index contributed by atoms with van der Waals surface area (Å²) in [6, 6.07) is 12.3. The van der Waals surface area contributed by atoms with E-state index in [4.69, 9.17) is 14.4 Å². The number of thiophene rings is 1. The van der Waals surface area contributed by atoms with Crippen LogP contribution < -0.4 is 14.2 Å². The quantitative estimate of drug-likeness (QED) is 0.0417. The number of aromatic hydroxyl groups is 4. The topological polar surface area (TPSA) is 217 Å². The van der Waals surface area contributed by atoms with Gasteiger partial charge in [-0.05, 0) is 0 Å². The fourth-order valence-electron chi connectivity index (χ4n) is 3.79. The van der Waals surface area contributed by atoms with Crippen LogP contribution in [0.25, 0.3) is 10.1 Å². The normalized spacial score (nSPS) is 12.7. The minimum absolute atomic E-state index is 0.0762. The molecular weight excluding hydrogens is 775 g/mol. The number of benzene rings is 3. The van der Waals surface area contributed by atoms with Crippen molar-refractivity contribution in [3.05, 3.63) is 65.7 Å². The Morgan fingerprint density at radius 3 is 1.78 bits per heavy atom. The van der Waals surface area contributed by atoms with Gasteiger partial charge in [-0.2, -0.15) is 0 Å². The van der Waals surface area contributed by atoms with Crippen molar-refractivity contribution in [2.45, 2.75) is 14.6 Å². The van der Waals surface area contributed by atoms with Crippen molar-refractivity contribution in [1.82, 2.24) is 4.72 Å². The first-order valence-corrected chi connectivity index (χ1v) is 21.9. The third-order valence-corrected chi connectivity index (χ3v) is 14.2. The predicted octanol–water partition coefficient (Wildman–Crippen LogP) is 2.57. The molecule has 4 aromatic rings. The number of carbonyl (C=O) groups is 2. The summed E-state index contributed by atoms with van der Waals surface area (Å²) < 4.78 is 50.4. The molecule has 0 fully saturated rings. The SMILES string of the molecule is O=C([AsH]CCOc1cc2cc(S(=O)(=O)NC[PH](=O)O)sc2cc1OCC[AsH]C(=O)c1ccc(O)c(O)c1)c1ccc(O)c(O)c1. The van der Waals surface area contributed by atoms with E-state index in [-0.39, 0.29) is 72.2 Å². The molecule has 0 aliphatic carbocycles. The Hall–Kier alpha value is -3.02. The Morgan fingerprint density at radius 2 is 1.29 bits per heavy atom. The van der Waals surface area contributed by atoms with Gasteiger partial charge in [-0.15, -0.1) is 0 Å². The van der Waals surface area contributed by atoms with Crippen LogP contribution in [0.1, 0.15) is 20.7 Å². The summed E-state index contributed by atoms with van der Waals surface area (Å²) >= 11 is -1.47. The second kappa shape index (κ2) is 15.5. The van der Waals surface area contributed by atoms with Crippen LogP contribution in [0.2, 0.25) is 10.4 Å². The van der Waals surface area contributed by atoms with Gasteiger partial charge in [0.25, 0.3) is 0 Å². The van der Waals surface area contributed by atoms with Gasteiger partial charge in [-0.3, -0.25) is 4.57 Å². The molecule has 0 saturated heterocycles. The van der Waals surface area contributed by atoms with Crippen LogP contribution in [-0.2, 0) is 14.6 Å². The number of nitrogens with one attached hydrogen (secondary N) is 1. The molecule has 3 unspecified atom stereocenters. The molecule has 13 nitrogen and oxygen atoms in total. The van der Waals surface area contributed by atoms with Gasteiger partial charge in [0.2, 0.25) is 0 Å². The number of fused-ring (bicyclic) bond motifs is 1. The molecule has 0 bridgehead atoms. The predicted molar refractivity (Wildman–Crippen MR) is 171 cm³/mol. The summed E-state index contributed by atoms with van der Waals surface area (Å²) in [5.41, 5.74) is 0.563. The number of phenolic OH excluding ortho intramolecular Hbond substituents is 4. The molecular formula is C27H28As2NO12PS2. The molecule has 18 heteroatoms. The molecule has 0 aliphatic heterocycles. The van der Waals surface area contributed by atoms with E-state index >= 15 is 0 Å². The summed E-state index contributed by atoms with van der Waals surface area (Å²) in [6.07, 6.45) is -0.595. The van der Waals surface area contributed by atoms with Crippen molar-refractivity contribution >= 4 is 80.1 Å². The average molecular weight is 803 g/mol. The summed E-state index contributed by atoms with van der Waals surface area (Å²) in [5.74, 6) is -0.848. The number of phenols is 4. The zero-order chi connectivity index (χ0) is 32.7. The van der Waals surface area contributed by atoms with Crippen molar-refractivity contribution in [2.75, 3.05) is 19.5 Å². The zero-order valence-corrected chi connectivity index (χ0v) is 30.0. The van der Waals surface area contributed by atoms with Gasteiger partial charge < -0.3 is 4.89 Å². The summed E-state index contributed by atoms with van der Waals surface area (Å²) in [7, 11) is -7.11. The van der Waals surface area contributed by atoms with E-state index in [0.717, 1.165) is 11.3 Å². The van der Waals surface area contributed by atoms with E-state index in [1.165, 1.54) is 42.5 Å². The molecule has 6 N–H and O–H groups in total. The molecule has 0 aliphatic rings. The van der Waals surface area contributed by atoms with Crippen molar-refractivity contribution in [3.63, 3.8) is 0 Å². The molecule has 0 radical (unpaired) electrons. The summed E-state index contributed by atoms with van der Waals surface area (Å²) in [6.45, 7) is 0.271. The van der Waals surface area contributed by atoms with Gasteiger partial charge in [-0.1, -0.05) is 0 Å². The number of rotatable bonds is 16. The number of sulfonamides is 1. The molecule has 1 aromatic heterocycles. The fourth-order valence-corrected chi connectivity index (χ4v) is 10.5. The zero-order valence-electron chi connectivity index (χ0n) is 23.1. The van der Waals surface area contributed by atoms with Crippen molar-refractivity contribution < 1.29 is 57.4 Å². The van der Waals surface area contributed by atoms with Gasteiger partial charge in [-0.25, -0.2) is 0 Å². The van der Waals surface area contributed by atoms with Crippen LogP contribution >= 0.6 is 19.4 Å². The molecule has 0 amide bonds. The van der Waals surface area contributed by atoms with Crippen molar-refractivity contribution in [2.24, 2.45) is 0 Å². The molecule has 3 aromatic carbocycles. The van der Waals surface area contributed by atoms with Gasteiger partial charge in [0, 0.05) is 0 Å². The second-order valence-electron chi connectivity index (χ2n) is 9.24. The molecule has 1 heterocycles. The number of carbonyl (C=O) groups excluding carboxylic acids is 2. The molecule has 45 heavy (non-hydrogen) atoms. The van der Waals surface area contributed by atoms with Gasteiger partial charge in [0.15, 0.2) is 0 Å². The third-order valence-electron chi connectivity index (χ3n) is 6.00. The van der Waals surface area contributed by atoms with Gasteiger partial charge >= 0.3 is 267 Å². The van der Waals surface area contributed by atoms with Crippen LogP contribution in [0.5, 0.6) is 34.5 Å². The van der Waals surface area contributed by atoms with Gasteiger partial charge in [0.1, 0.15) is 0 Å². The van der Waals surface area contributed by atoms with Crippen molar-refractivity contribution in [1.29, 1.82) is 0 Å². The molecule has 4 rings (SSSR count).